The normalized spacial score (nSPS) is 13.3. The highest BCUT2D eigenvalue weighted by molar-refractivity contribution is 6.05. The molecule has 1 aliphatic heterocycles. The van der Waals surface area contributed by atoms with Gasteiger partial charge in [0.2, 0.25) is 0 Å². The molecule has 0 saturated heterocycles. The van der Waals surface area contributed by atoms with Gasteiger partial charge in [-0.3, -0.25) is 14.6 Å². The summed E-state index contributed by atoms with van der Waals surface area (Å²) in [6.07, 6.45) is 3.13. The number of ether oxygens (including phenoxy) is 1. The van der Waals surface area contributed by atoms with Crippen LogP contribution in [0.5, 0.6) is 5.75 Å². The van der Waals surface area contributed by atoms with E-state index in [9.17, 15) is 9.59 Å². The lowest BCUT2D eigenvalue weighted by atomic mass is 10.2. The van der Waals surface area contributed by atoms with E-state index in [1.807, 2.05) is 6.92 Å². The number of nitrogens with one attached hydrogen (secondary N) is 1. The van der Waals surface area contributed by atoms with Crippen molar-refractivity contribution < 1.29 is 14.3 Å². The molecule has 2 aromatic rings. The summed E-state index contributed by atoms with van der Waals surface area (Å²) in [5.41, 5.74) is 1.87. The molecule has 3 rings (SSSR count). The fourth-order valence-corrected chi connectivity index (χ4v) is 2.34. The summed E-state index contributed by atoms with van der Waals surface area (Å²) in [6, 6.07) is 8.54. The molecule has 0 spiro atoms. The SMILES string of the molecule is CCN1C(=O)COc2cc(NC(=O)c3ccncc3)ccc21. The van der Waals surface area contributed by atoms with Crippen molar-refractivity contribution in [1.29, 1.82) is 0 Å². The minimum Gasteiger partial charge on any atom is -0.481 e. The molecule has 6 nitrogen and oxygen atoms in total. The predicted octanol–water partition coefficient (Wildman–Crippen LogP) is 2.08. The molecule has 2 heterocycles. The fraction of sp³-hybridized carbons (Fsp3) is 0.188. The summed E-state index contributed by atoms with van der Waals surface area (Å²) in [4.78, 5) is 29.4. The standard InChI is InChI=1S/C16H15N3O3/c1-2-19-13-4-3-12(9-14(13)22-10-15(19)20)18-16(21)11-5-7-17-8-6-11/h3-9H,2,10H2,1H3,(H,18,21). The molecule has 0 fully saturated rings. The Morgan fingerprint density at radius 3 is 2.82 bits per heavy atom. The maximum Gasteiger partial charge on any atom is 0.265 e. The molecule has 6 heteroatoms. The summed E-state index contributed by atoms with van der Waals surface area (Å²) in [5.74, 6) is 0.305. The van der Waals surface area contributed by atoms with Gasteiger partial charge in [-0.15, -0.1) is 0 Å². The summed E-state index contributed by atoms with van der Waals surface area (Å²) < 4.78 is 5.44. The van der Waals surface area contributed by atoms with Gasteiger partial charge < -0.3 is 15.0 Å². The van der Waals surface area contributed by atoms with Gasteiger partial charge in [0, 0.05) is 36.3 Å². The minimum atomic E-state index is -0.221. The highest BCUT2D eigenvalue weighted by Gasteiger charge is 2.24. The third-order valence-electron chi connectivity index (χ3n) is 3.42. The molecule has 2 amide bonds. The Kier molecular flexibility index (Phi) is 3.74. The molecular formula is C16H15N3O3. The van der Waals surface area contributed by atoms with Gasteiger partial charge in [0.05, 0.1) is 5.69 Å². The van der Waals surface area contributed by atoms with Crippen LogP contribution in [0.2, 0.25) is 0 Å². The molecule has 1 N–H and O–H groups in total. The van der Waals surface area contributed by atoms with E-state index in [1.54, 1.807) is 47.6 Å². The van der Waals surface area contributed by atoms with Crippen molar-refractivity contribution >= 4 is 23.2 Å². The Balaban J connectivity index is 1.82. The predicted molar refractivity (Wildman–Crippen MR) is 82.2 cm³/mol. The monoisotopic (exact) mass is 297 g/mol. The summed E-state index contributed by atoms with van der Waals surface area (Å²) in [6.45, 7) is 2.51. The molecule has 112 valence electrons. The van der Waals surface area contributed by atoms with Gasteiger partial charge in [-0.25, -0.2) is 0 Å². The van der Waals surface area contributed by atoms with E-state index in [4.69, 9.17) is 4.74 Å². The lowest BCUT2D eigenvalue weighted by molar-refractivity contribution is -0.121. The average molecular weight is 297 g/mol. The summed E-state index contributed by atoms with van der Waals surface area (Å²) >= 11 is 0. The van der Waals surface area contributed by atoms with Crippen LogP contribution in [0.15, 0.2) is 42.7 Å². The van der Waals surface area contributed by atoms with Crippen LogP contribution in [0.25, 0.3) is 0 Å². The Labute approximate surface area is 127 Å². The van der Waals surface area contributed by atoms with Crippen LogP contribution in [0.4, 0.5) is 11.4 Å². The Hall–Kier alpha value is -2.89. The quantitative estimate of drug-likeness (QED) is 0.941. The number of amides is 2. The topological polar surface area (TPSA) is 71.5 Å². The number of pyridine rings is 1. The first kappa shape index (κ1) is 14.1. The zero-order valence-electron chi connectivity index (χ0n) is 12.1. The van der Waals surface area contributed by atoms with E-state index in [1.165, 1.54) is 0 Å². The van der Waals surface area contributed by atoms with Crippen LogP contribution < -0.4 is 15.0 Å². The third kappa shape index (κ3) is 2.63. The van der Waals surface area contributed by atoms with Gasteiger partial charge in [-0.2, -0.15) is 0 Å². The summed E-state index contributed by atoms with van der Waals surface area (Å²) in [5, 5.41) is 2.80. The van der Waals surface area contributed by atoms with Crippen LogP contribution in [0, 0.1) is 0 Å². The van der Waals surface area contributed by atoms with E-state index in [2.05, 4.69) is 10.3 Å². The second-order valence-corrected chi connectivity index (χ2v) is 4.80. The van der Waals surface area contributed by atoms with Gasteiger partial charge in [-0.1, -0.05) is 0 Å². The highest BCUT2D eigenvalue weighted by atomic mass is 16.5. The molecule has 0 aliphatic carbocycles. The molecule has 1 aromatic carbocycles. The van der Waals surface area contributed by atoms with E-state index in [0.717, 1.165) is 5.69 Å². The first-order valence-corrected chi connectivity index (χ1v) is 6.97. The number of benzene rings is 1. The molecule has 1 aliphatic rings. The van der Waals surface area contributed by atoms with Gasteiger partial charge in [0.15, 0.2) is 6.61 Å². The molecule has 1 aromatic heterocycles. The number of nitrogens with zero attached hydrogens (tertiary/aromatic N) is 2. The highest BCUT2D eigenvalue weighted by Crippen LogP contribution is 2.34. The van der Waals surface area contributed by atoms with Crippen molar-refractivity contribution in [3.8, 4) is 5.75 Å². The summed E-state index contributed by atoms with van der Waals surface area (Å²) in [7, 11) is 0. The number of carbonyl (C=O) groups excluding carboxylic acids is 2. The molecule has 0 bridgehead atoms. The molecule has 0 radical (unpaired) electrons. The van der Waals surface area contributed by atoms with E-state index in [0.29, 0.717) is 23.5 Å². The minimum absolute atomic E-state index is 0.0165. The van der Waals surface area contributed by atoms with Crippen LogP contribution >= 0.6 is 0 Å². The van der Waals surface area contributed by atoms with Crippen LogP contribution in [0.3, 0.4) is 0 Å². The maximum atomic E-state index is 12.1. The Morgan fingerprint density at radius 1 is 1.32 bits per heavy atom. The van der Waals surface area contributed by atoms with Crippen molar-refractivity contribution in [2.45, 2.75) is 6.92 Å². The number of fused-ring (bicyclic) bond motifs is 1. The van der Waals surface area contributed by atoms with Gasteiger partial charge >= 0.3 is 0 Å². The number of anilines is 2. The maximum absolute atomic E-state index is 12.1. The molecule has 0 atom stereocenters. The van der Waals surface area contributed by atoms with Crippen molar-refractivity contribution in [2.75, 3.05) is 23.4 Å². The number of likely N-dealkylation sites (N-methyl/N-ethyl adjacent to an activating group) is 1. The van der Waals surface area contributed by atoms with Gasteiger partial charge in [0.1, 0.15) is 5.75 Å². The van der Waals surface area contributed by atoms with Crippen molar-refractivity contribution in [3.05, 3.63) is 48.3 Å². The average Bonchev–Trinajstić information content (AvgIpc) is 2.55. The van der Waals surface area contributed by atoms with Gasteiger partial charge in [-0.05, 0) is 31.2 Å². The van der Waals surface area contributed by atoms with Crippen LogP contribution in [0.1, 0.15) is 17.3 Å². The number of hydrogen-bond donors (Lipinski definition) is 1. The lowest BCUT2D eigenvalue weighted by Gasteiger charge is -2.28. The first-order valence-electron chi connectivity index (χ1n) is 6.97. The van der Waals surface area contributed by atoms with Crippen molar-refractivity contribution in [1.82, 2.24) is 4.98 Å². The largest absolute Gasteiger partial charge is 0.481 e. The molecule has 0 unspecified atom stereocenters. The Morgan fingerprint density at radius 2 is 2.09 bits per heavy atom. The zero-order chi connectivity index (χ0) is 15.5. The van der Waals surface area contributed by atoms with E-state index >= 15 is 0 Å². The number of rotatable bonds is 3. The number of aromatic nitrogens is 1. The lowest BCUT2D eigenvalue weighted by Crippen LogP contribution is -2.38. The van der Waals surface area contributed by atoms with Crippen molar-refractivity contribution in [3.63, 3.8) is 0 Å². The zero-order valence-corrected chi connectivity index (χ0v) is 12.1. The van der Waals surface area contributed by atoms with Gasteiger partial charge in [0.25, 0.3) is 11.8 Å². The first-order chi connectivity index (χ1) is 10.7. The molecule has 22 heavy (non-hydrogen) atoms. The van der Waals surface area contributed by atoms with E-state index in [-0.39, 0.29) is 18.4 Å². The van der Waals surface area contributed by atoms with E-state index < -0.39 is 0 Å². The van der Waals surface area contributed by atoms with Crippen molar-refractivity contribution in [2.24, 2.45) is 0 Å². The fourth-order valence-electron chi connectivity index (χ4n) is 2.34. The van der Waals surface area contributed by atoms with Crippen LogP contribution in [-0.4, -0.2) is 29.9 Å². The second kappa shape index (κ2) is 5.85. The third-order valence-corrected chi connectivity index (χ3v) is 3.42. The second-order valence-electron chi connectivity index (χ2n) is 4.80. The smallest absolute Gasteiger partial charge is 0.265 e. The molecule has 0 saturated carbocycles. The Bertz CT molecular complexity index is 716. The molecular weight excluding hydrogens is 282 g/mol. The van der Waals surface area contributed by atoms with Crippen LogP contribution in [-0.2, 0) is 4.79 Å². The number of carbonyl (C=O) groups is 2. The number of hydrogen-bond acceptors (Lipinski definition) is 4.